The quantitative estimate of drug-likeness (QED) is 0.598. The van der Waals surface area contributed by atoms with E-state index >= 15 is 0 Å². The minimum absolute atomic E-state index is 0.319. The predicted molar refractivity (Wildman–Crippen MR) is 62.8 cm³/mol. The molecule has 4 nitrogen and oxygen atoms in total. The van der Waals surface area contributed by atoms with E-state index in [9.17, 15) is 4.79 Å². The van der Waals surface area contributed by atoms with Crippen molar-refractivity contribution in [3.8, 4) is 11.3 Å². The number of esters is 1. The van der Waals surface area contributed by atoms with Crippen molar-refractivity contribution >= 4 is 5.97 Å². The van der Waals surface area contributed by atoms with Crippen molar-refractivity contribution in [3.05, 3.63) is 41.1 Å². The lowest BCUT2D eigenvalue weighted by molar-refractivity contribution is 0.0601. The van der Waals surface area contributed by atoms with Gasteiger partial charge >= 0.3 is 5.97 Å². The Balaban J connectivity index is 2.27. The fraction of sp³-hybridized carbons (Fsp3) is 0.231. The van der Waals surface area contributed by atoms with Gasteiger partial charge in [-0.3, -0.25) is 4.68 Å². The highest BCUT2D eigenvalue weighted by Crippen LogP contribution is 2.35. The van der Waals surface area contributed by atoms with Gasteiger partial charge in [0.1, 0.15) is 5.56 Å². The molecule has 0 bridgehead atoms. The molecule has 0 atom stereocenters. The van der Waals surface area contributed by atoms with Crippen LogP contribution in [0.2, 0.25) is 0 Å². The van der Waals surface area contributed by atoms with Crippen LogP contribution in [0, 0.1) is 6.92 Å². The Morgan fingerprint density at radius 3 is 2.94 bits per heavy atom. The highest BCUT2D eigenvalue weighted by molar-refractivity contribution is 5.98. The summed E-state index contributed by atoms with van der Waals surface area (Å²) < 4.78 is 6.69. The number of hydrogen-bond acceptors (Lipinski definition) is 3. The van der Waals surface area contributed by atoms with Crippen LogP contribution >= 0.6 is 0 Å². The molecule has 0 spiro atoms. The van der Waals surface area contributed by atoms with E-state index in [4.69, 9.17) is 4.74 Å². The number of aromatic nitrogens is 2. The molecule has 0 unspecified atom stereocenters. The molecule has 0 N–H and O–H groups in total. The molecule has 1 aliphatic heterocycles. The van der Waals surface area contributed by atoms with Crippen molar-refractivity contribution in [2.75, 3.05) is 7.11 Å². The van der Waals surface area contributed by atoms with Crippen LogP contribution < -0.4 is 0 Å². The van der Waals surface area contributed by atoms with Crippen molar-refractivity contribution in [1.29, 1.82) is 0 Å². The second-order valence-corrected chi connectivity index (χ2v) is 4.12. The predicted octanol–water partition coefficient (Wildman–Crippen LogP) is 2.01. The van der Waals surface area contributed by atoms with Crippen LogP contribution in [0.25, 0.3) is 11.3 Å². The summed E-state index contributed by atoms with van der Waals surface area (Å²) in [6, 6.07) is 8.04. The number of carbonyl (C=O) groups is 1. The van der Waals surface area contributed by atoms with E-state index in [-0.39, 0.29) is 5.97 Å². The molecule has 3 rings (SSSR count). The van der Waals surface area contributed by atoms with E-state index < -0.39 is 0 Å². The number of carbonyl (C=O) groups excluding carboxylic acids is 1. The van der Waals surface area contributed by atoms with Gasteiger partial charge in [-0.25, -0.2) is 4.79 Å². The Labute approximate surface area is 98.8 Å². The summed E-state index contributed by atoms with van der Waals surface area (Å²) >= 11 is 0. The summed E-state index contributed by atoms with van der Waals surface area (Å²) in [4.78, 5) is 11.8. The summed E-state index contributed by atoms with van der Waals surface area (Å²) in [7, 11) is 1.40. The fourth-order valence-corrected chi connectivity index (χ4v) is 2.37. The van der Waals surface area contributed by atoms with Crippen LogP contribution in [0.5, 0.6) is 0 Å². The van der Waals surface area contributed by atoms with Gasteiger partial charge in [-0.2, -0.15) is 5.10 Å². The molecule has 2 aromatic rings. The molecule has 0 radical (unpaired) electrons. The largest absolute Gasteiger partial charge is 0.465 e. The molecule has 0 amide bonds. The topological polar surface area (TPSA) is 44.1 Å². The van der Waals surface area contributed by atoms with E-state index in [1.165, 1.54) is 12.7 Å². The molecule has 86 valence electrons. The van der Waals surface area contributed by atoms with Crippen LogP contribution in [-0.2, 0) is 11.3 Å². The van der Waals surface area contributed by atoms with Crippen LogP contribution in [0.15, 0.2) is 24.3 Å². The third-order valence-corrected chi connectivity index (χ3v) is 3.11. The molecule has 1 aliphatic rings. The first-order valence-electron chi connectivity index (χ1n) is 5.46. The summed E-state index contributed by atoms with van der Waals surface area (Å²) in [5, 5.41) is 4.39. The van der Waals surface area contributed by atoms with Crippen molar-refractivity contribution < 1.29 is 9.53 Å². The van der Waals surface area contributed by atoms with Gasteiger partial charge in [0.15, 0.2) is 0 Å². The zero-order valence-electron chi connectivity index (χ0n) is 9.73. The SMILES string of the molecule is COC(=O)c1c(C)nn2c1-c1ccccc1C2. The molecule has 1 aromatic carbocycles. The minimum atomic E-state index is -0.319. The Kier molecular flexibility index (Phi) is 2.04. The van der Waals surface area contributed by atoms with Crippen molar-refractivity contribution in [2.24, 2.45) is 0 Å². The summed E-state index contributed by atoms with van der Waals surface area (Å²) in [6.45, 7) is 2.56. The maximum Gasteiger partial charge on any atom is 0.342 e. The van der Waals surface area contributed by atoms with E-state index in [1.807, 2.05) is 29.8 Å². The number of rotatable bonds is 1. The molecule has 0 fully saturated rings. The molecular weight excluding hydrogens is 216 g/mol. The standard InChI is InChI=1S/C13H12N2O2/c1-8-11(13(16)17-2)12-10-6-4-3-5-9(10)7-15(12)14-8/h3-6H,7H2,1-2H3. The van der Waals surface area contributed by atoms with Gasteiger partial charge in [0, 0.05) is 5.56 Å². The van der Waals surface area contributed by atoms with E-state index in [0.717, 1.165) is 23.5 Å². The Morgan fingerprint density at radius 1 is 1.41 bits per heavy atom. The van der Waals surface area contributed by atoms with Crippen molar-refractivity contribution in [2.45, 2.75) is 13.5 Å². The van der Waals surface area contributed by atoms with Crippen LogP contribution in [-0.4, -0.2) is 22.9 Å². The Morgan fingerprint density at radius 2 is 2.18 bits per heavy atom. The number of fused-ring (bicyclic) bond motifs is 3. The summed E-state index contributed by atoms with van der Waals surface area (Å²) in [5.41, 5.74) is 4.46. The molecule has 17 heavy (non-hydrogen) atoms. The maximum atomic E-state index is 11.8. The zero-order valence-corrected chi connectivity index (χ0v) is 9.73. The van der Waals surface area contributed by atoms with Gasteiger partial charge < -0.3 is 4.74 Å². The number of nitrogens with zero attached hydrogens (tertiary/aromatic N) is 2. The first-order valence-corrected chi connectivity index (χ1v) is 5.46. The Hall–Kier alpha value is -2.10. The molecule has 1 aromatic heterocycles. The monoisotopic (exact) mass is 228 g/mol. The number of ether oxygens (including phenoxy) is 1. The van der Waals surface area contributed by atoms with Crippen LogP contribution in [0.3, 0.4) is 0 Å². The lowest BCUT2D eigenvalue weighted by Gasteiger charge is -2.01. The Bertz CT molecular complexity index is 614. The third-order valence-electron chi connectivity index (χ3n) is 3.11. The first kappa shape index (κ1) is 10.1. The molecule has 4 heteroatoms. The van der Waals surface area contributed by atoms with E-state index in [2.05, 4.69) is 11.2 Å². The lowest BCUT2D eigenvalue weighted by atomic mass is 10.0. The number of hydrogen-bond donors (Lipinski definition) is 0. The van der Waals surface area contributed by atoms with Crippen LogP contribution in [0.4, 0.5) is 0 Å². The number of methoxy groups -OCH3 is 1. The van der Waals surface area contributed by atoms with Gasteiger partial charge in [0.05, 0.1) is 25.0 Å². The highest BCUT2D eigenvalue weighted by Gasteiger charge is 2.28. The van der Waals surface area contributed by atoms with E-state index in [0.29, 0.717) is 5.56 Å². The molecular formula is C13H12N2O2. The normalized spacial score (nSPS) is 12.1. The van der Waals surface area contributed by atoms with Gasteiger partial charge in [0.2, 0.25) is 0 Å². The summed E-state index contributed by atoms with van der Waals surface area (Å²) in [6.07, 6.45) is 0. The average Bonchev–Trinajstić information content (AvgIpc) is 2.82. The third kappa shape index (κ3) is 1.30. The maximum absolute atomic E-state index is 11.8. The fourth-order valence-electron chi connectivity index (χ4n) is 2.37. The second-order valence-electron chi connectivity index (χ2n) is 4.12. The number of benzene rings is 1. The van der Waals surface area contributed by atoms with Gasteiger partial charge in [-0.1, -0.05) is 24.3 Å². The average molecular weight is 228 g/mol. The minimum Gasteiger partial charge on any atom is -0.465 e. The molecule has 0 aliphatic carbocycles. The first-order chi connectivity index (χ1) is 8.22. The smallest absolute Gasteiger partial charge is 0.342 e. The number of aryl methyl sites for hydroxylation is 1. The van der Waals surface area contributed by atoms with Gasteiger partial charge in [-0.05, 0) is 12.5 Å². The van der Waals surface area contributed by atoms with Crippen molar-refractivity contribution in [1.82, 2.24) is 9.78 Å². The van der Waals surface area contributed by atoms with Gasteiger partial charge in [0.25, 0.3) is 0 Å². The molecule has 0 saturated heterocycles. The summed E-state index contributed by atoms with van der Waals surface area (Å²) in [5.74, 6) is -0.319. The van der Waals surface area contributed by atoms with Gasteiger partial charge in [-0.15, -0.1) is 0 Å². The van der Waals surface area contributed by atoms with E-state index in [1.54, 1.807) is 0 Å². The molecule has 2 heterocycles. The van der Waals surface area contributed by atoms with Crippen LogP contribution in [0.1, 0.15) is 21.6 Å². The zero-order chi connectivity index (χ0) is 12.0. The highest BCUT2D eigenvalue weighted by atomic mass is 16.5. The second kappa shape index (κ2) is 3.45. The lowest BCUT2D eigenvalue weighted by Crippen LogP contribution is -2.03. The molecule has 0 saturated carbocycles. The van der Waals surface area contributed by atoms with Crippen molar-refractivity contribution in [3.63, 3.8) is 0 Å².